The second kappa shape index (κ2) is 7.83. The molecule has 3 N–H and O–H groups in total. The highest BCUT2D eigenvalue weighted by molar-refractivity contribution is 5.94. The van der Waals surface area contributed by atoms with E-state index in [-0.39, 0.29) is 12.1 Å². The number of para-hydroxylation sites is 1. The van der Waals surface area contributed by atoms with E-state index in [2.05, 4.69) is 10.6 Å². The molecular weight excluding hydrogens is 321 g/mol. The molecule has 0 saturated carbocycles. The van der Waals surface area contributed by atoms with E-state index in [1.807, 2.05) is 0 Å². The zero-order valence-electron chi connectivity index (χ0n) is 12.9. The van der Waals surface area contributed by atoms with Gasteiger partial charge >= 0.3 is 6.03 Å². The minimum Gasteiger partial charge on any atom is -0.393 e. The third-order valence-corrected chi connectivity index (χ3v) is 3.32. The van der Waals surface area contributed by atoms with E-state index in [0.717, 1.165) is 12.1 Å². The first kappa shape index (κ1) is 17.8. The number of rotatable bonds is 5. The van der Waals surface area contributed by atoms with Crippen LogP contribution < -0.4 is 10.6 Å². The number of hydrogen-bond donors (Lipinski definition) is 3. The Hall–Kier alpha value is -2.54. The van der Waals surface area contributed by atoms with Crippen molar-refractivity contribution in [2.45, 2.75) is 19.4 Å². The van der Waals surface area contributed by atoms with Gasteiger partial charge in [-0.25, -0.2) is 18.0 Å². The van der Waals surface area contributed by atoms with Crippen molar-refractivity contribution in [2.24, 2.45) is 0 Å². The minimum absolute atomic E-state index is 0.103. The van der Waals surface area contributed by atoms with Gasteiger partial charge in [-0.05, 0) is 37.1 Å². The average Bonchev–Trinajstić information content (AvgIpc) is 2.52. The van der Waals surface area contributed by atoms with Gasteiger partial charge in [-0.15, -0.1) is 0 Å². The lowest BCUT2D eigenvalue weighted by Crippen LogP contribution is -2.31. The number of benzene rings is 2. The Morgan fingerprint density at radius 3 is 2.42 bits per heavy atom. The van der Waals surface area contributed by atoms with Gasteiger partial charge < -0.3 is 15.7 Å². The van der Waals surface area contributed by atoms with Gasteiger partial charge in [0.2, 0.25) is 0 Å². The van der Waals surface area contributed by atoms with Gasteiger partial charge in [-0.2, -0.15) is 0 Å². The maximum absolute atomic E-state index is 13.4. The maximum atomic E-state index is 13.4. The predicted molar refractivity (Wildman–Crippen MR) is 85.1 cm³/mol. The van der Waals surface area contributed by atoms with E-state index < -0.39 is 29.6 Å². The Morgan fingerprint density at radius 1 is 1.17 bits per heavy atom. The molecule has 0 aromatic heterocycles. The highest BCUT2D eigenvalue weighted by Crippen LogP contribution is 2.30. The maximum Gasteiger partial charge on any atom is 0.319 e. The number of nitrogens with one attached hydrogen (secondary N) is 2. The van der Waals surface area contributed by atoms with Crippen LogP contribution >= 0.6 is 0 Å². The van der Waals surface area contributed by atoms with Crippen molar-refractivity contribution in [3.8, 4) is 11.1 Å². The van der Waals surface area contributed by atoms with Crippen LogP contribution in [0.4, 0.5) is 23.7 Å². The fraction of sp³-hybridized carbons (Fsp3) is 0.235. The molecule has 0 aliphatic carbocycles. The summed E-state index contributed by atoms with van der Waals surface area (Å²) in [5.41, 5.74) is 0.768. The Morgan fingerprint density at radius 2 is 1.79 bits per heavy atom. The smallest absolute Gasteiger partial charge is 0.319 e. The molecule has 0 aliphatic rings. The van der Waals surface area contributed by atoms with Crippen LogP contribution in [0.5, 0.6) is 0 Å². The topological polar surface area (TPSA) is 61.4 Å². The molecule has 0 bridgehead atoms. The average molecular weight is 338 g/mol. The van der Waals surface area contributed by atoms with E-state index in [9.17, 15) is 18.0 Å². The highest BCUT2D eigenvalue weighted by Gasteiger charge is 2.14. The Bertz CT molecular complexity index is 713. The van der Waals surface area contributed by atoms with Gasteiger partial charge in [0.05, 0.1) is 11.8 Å². The standard InChI is InChI=1S/C17H17F3N2O2/c1-10(23)6-7-21-17(24)22-15-5-3-2-4-12(15)11-8-13(18)16(20)14(19)9-11/h2-5,8-10,23H,6-7H2,1H3,(H2,21,22,24). The van der Waals surface area contributed by atoms with E-state index in [0.29, 0.717) is 17.7 Å². The summed E-state index contributed by atoms with van der Waals surface area (Å²) in [4.78, 5) is 11.9. The SMILES string of the molecule is CC(O)CCNC(=O)Nc1ccccc1-c1cc(F)c(F)c(F)c1. The van der Waals surface area contributed by atoms with Gasteiger partial charge in [0.15, 0.2) is 17.5 Å². The summed E-state index contributed by atoms with van der Waals surface area (Å²) in [5, 5.41) is 14.3. The van der Waals surface area contributed by atoms with Crippen molar-refractivity contribution in [2.75, 3.05) is 11.9 Å². The predicted octanol–water partition coefficient (Wildman–Crippen LogP) is 3.66. The first-order valence-electron chi connectivity index (χ1n) is 7.35. The molecule has 128 valence electrons. The van der Waals surface area contributed by atoms with Gasteiger partial charge in [0.25, 0.3) is 0 Å². The van der Waals surface area contributed by atoms with Crippen molar-refractivity contribution in [1.29, 1.82) is 0 Å². The Balaban J connectivity index is 2.20. The molecule has 0 radical (unpaired) electrons. The van der Waals surface area contributed by atoms with Gasteiger partial charge in [-0.1, -0.05) is 18.2 Å². The summed E-state index contributed by atoms with van der Waals surface area (Å²) >= 11 is 0. The van der Waals surface area contributed by atoms with Gasteiger partial charge in [-0.3, -0.25) is 0 Å². The third kappa shape index (κ3) is 4.48. The number of anilines is 1. The lowest BCUT2D eigenvalue weighted by Gasteiger charge is -2.13. The molecule has 0 saturated heterocycles. The minimum atomic E-state index is -1.54. The monoisotopic (exact) mass is 338 g/mol. The van der Waals surface area contributed by atoms with Crippen molar-refractivity contribution in [1.82, 2.24) is 5.32 Å². The second-order valence-electron chi connectivity index (χ2n) is 5.32. The molecule has 2 aromatic carbocycles. The summed E-state index contributed by atoms with van der Waals surface area (Å²) in [6, 6.07) is 7.59. The zero-order valence-corrected chi connectivity index (χ0v) is 12.9. The molecule has 0 spiro atoms. The van der Waals surface area contributed by atoms with E-state index >= 15 is 0 Å². The first-order chi connectivity index (χ1) is 11.4. The van der Waals surface area contributed by atoms with Crippen LogP contribution in [-0.4, -0.2) is 23.8 Å². The third-order valence-electron chi connectivity index (χ3n) is 3.32. The second-order valence-corrected chi connectivity index (χ2v) is 5.32. The number of hydrogen-bond acceptors (Lipinski definition) is 2. The van der Waals surface area contributed by atoms with Crippen LogP contribution in [0.2, 0.25) is 0 Å². The molecule has 4 nitrogen and oxygen atoms in total. The van der Waals surface area contributed by atoms with Crippen LogP contribution in [0.1, 0.15) is 13.3 Å². The largest absolute Gasteiger partial charge is 0.393 e. The number of amides is 2. The van der Waals surface area contributed by atoms with Crippen LogP contribution in [0.15, 0.2) is 36.4 Å². The summed E-state index contributed by atoms with van der Waals surface area (Å²) in [6.45, 7) is 1.87. The number of aliphatic hydroxyl groups excluding tert-OH is 1. The number of carbonyl (C=O) groups is 1. The number of carbonyl (C=O) groups excluding carboxylic acids is 1. The molecule has 24 heavy (non-hydrogen) atoms. The molecule has 0 heterocycles. The van der Waals surface area contributed by atoms with Crippen LogP contribution in [0.3, 0.4) is 0 Å². The van der Waals surface area contributed by atoms with Gasteiger partial charge in [0.1, 0.15) is 0 Å². The van der Waals surface area contributed by atoms with Gasteiger partial charge in [0, 0.05) is 12.1 Å². The van der Waals surface area contributed by atoms with Crippen molar-refractivity contribution in [3.63, 3.8) is 0 Å². The lowest BCUT2D eigenvalue weighted by atomic mass is 10.0. The van der Waals surface area contributed by atoms with Crippen molar-refractivity contribution < 1.29 is 23.1 Å². The quantitative estimate of drug-likeness (QED) is 0.729. The van der Waals surface area contributed by atoms with Crippen LogP contribution in [0.25, 0.3) is 11.1 Å². The lowest BCUT2D eigenvalue weighted by molar-refractivity contribution is 0.184. The van der Waals surface area contributed by atoms with Crippen LogP contribution in [-0.2, 0) is 0 Å². The molecule has 0 fully saturated rings. The number of urea groups is 1. The van der Waals surface area contributed by atoms with E-state index in [1.54, 1.807) is 31.2 Å². The summed E-state index contributed by atoms with van der Waals surface area (Å²) in [5.74, 6) is -4.15. The first-order valence-corrected chi connectivity index (χ1v) is 7.35. The molecule has 1 atom stereocenters. The molecule has 7 heteroatoms. The molecule has 2 amide bonds. The highest BCUT2D eigenvalue weighted by atomic mass is 19.2. The Kier molecular flexibility index (Phi) is 5.81. The summed E-state index contributed by atoms with van der Waals surface area (Å²) < 4.78 is 39.9. The molecular formula is C17H17F3N2O2. The van der Waals surface area contributed by atoms with Crippen molar-refractivity contribution in [3.05, 3.63) is 53.8 Å². The fourth-order valence-electron chi connectivity index (χ4n) is 2.12. The molecule has 2 rings (SSSR count). The number of halogens is 3. The van der Waals surface area contributed by atoms with Crippen molar-refractivity contribution >= 4 is 11.7 Å². The zero-order chi connectivity index (χ0) is 17.7. The summed E-state index contributed by atoms with van der Waals surface area (Å²) in [7, 11) is 0. The summed E-state index contributed by atoms with van der Waals surface area (Å²) in [6.07, 6.45) is -0.147. The molecule has 2 aromatic rings. The van der Waals surface area contributed by atoms with Crippen LogP contribution in [0, 0.1) is 17.5 Å². The normalized spacial score (nSPS) is 11.9. The fourth-order valence-corrected chi connectivity index (χ4v) is 2.12. The number of aliphatic hydroxyl groups is 1. The molecule has 1 unspecified atom stereocenters. The van der Waals surface area contributed by atoms with E-state index in [1.165, 1.54) is 0 Å². The molecule has 0 aliphatic heterocycles. The van der Waals surface area contributed by atoms with E-state index in [4.69, 9.17) is 5.11 Å². The Labute approximate surface area is 137 Å².